The molecular weight excluding hydrogens is 260 g/mol. The number of nitrogens with zero attached hydrogens (tertiary/aromatic N) is 1. The molecule has 0 radical (unpaired) electrons. The maximum absolute atomic E-state index is 12.2. The lowest BCUT2D eigenvalue weighted by molar-refractivity contribution is 0.0513. The molecule has 0 bridgehead atoms. The van der Waals surface area contributed by atoms with Gasteiger partial charge in [-0.2, -0.15) is 0 Å². The maximum Gasteiger partial charge on any atom is 0.265 e. The third kappa shape index (κ3) is 3.40. The van der Waals surface area contributed by atoms with E-state index in [0.29, 0.717) is 0 Å². The fourth-order valence-corrected chi connectivity index (χ4v) is 2.26. The average molecular weight is 270 g/mol. The zero-order valence-corrected chi connectivity index (χ0v) is 9.77. The predicted octanol–water partition coefficient (Wildman–Crippen LogP) is 2.10. The Labute approximate surface area is 100 Å². The molecule has 16 heavy (non-hydrogen) atoms. The Morgan fingerprint density at radius 3 is 2.75 bits per heavy atom. The molecule has 90 valence electrons. The second-order valence-corrected chi connectivity index (χ2v) is 4.29. The normalized spacial score (nSPS) is 10.8. The number of thiophene rings is 1. The van der Waals surface area contributed by atoms with Crippen LogP contribution in [0.3, 0.4) is 0 Å². The minimum atomic E-state index is -2.63. The van der Waals surface area contributed by atoms with E-state index in [-0.39, 0.29) is 23.1 Å². The summed E-state index contributed by atoms with van der Waals surface area (Å²) in [6.45, 7) is -1.19. The SMILES string of the molecule is O=C(c1sccc1Cl)N(CCO)CC(F)F. The van der Waals surface area contributed by atoms with Crippen molar-refractivity contribution in [2.24, 2.45) is 0 Å². The Kier molecular flexibility index (Phi) is 5.11. The summed E-state index contributed by atoms with van der Waals surface area (Å²) in [4.78, 5) is 12.9. The molecule has 0 atom stereocenters. The molecule has 0 saturated heterocycles. The molecule has 1 aromatic rings. The van der Waals surface area contributed by atoms with Gasteiger partial charge in [-0.1, -0.05) is 11.6 Å². The van der Waals surface area contributed by atoms with Crippen LogP contribution in [0.25, 0.3) is 0 Å². The first-order chi connectivity index (χ1) is 7.56. The van der Waals surface area contributed by atoms with Crippen molar-refractivity contribution in [2.45, 2.75) is 6.43 Å². The van der Waals surface area contributed by atoms with Gasteiger partial charge in [-0.15, -0.1) is 11.3 Å². The second-order valence-electron chi connectivity index (χ2n) is 2.96. The lowest BCUT2D eigenvalue weighted by atomic mass is 10.3. The van der Waals surface area contributed by atoms with E-state index in [4.69, 9.17) is 16.7 Å². The molecule has 0 aliphatic carbocycles. The number of amides is 1. The molecule has 1 heterocycles. The van der Waals surface area contributed by atoms with Crippen molar-refractivity contribution < 1.29 is 18.7 Å². The van der Waals surface area contributed by atoms with E-state index < -0.39 is 18.9 Å². The van der Waals surface area contributed by atoms with Gasteiger partial charge in [0.1, 0.15) is 4.88 Å². The van der Waals surface area contributed by atoms with Crippen LogP contribution in [0.15, 0.2) is 11.4 Å². The van der Waals surface area contributed by atoms with Crippen molar-refractivity contribution in [2.75, 3.05) is 19.7 Å². The quantitative estimate of drug-likeness (QED) is 0.889. The molecule has 0 aromatic carbocycles. The number of aliphatic hydroxyl groups is 1. The lowest BCUT2D eigenvalue weighted by Crippen LogP contribution is -2.36. The van der Waals surface area contributed by atoms with Gasteiger partial charge in [0.15, 0.2) is 0 Å². The zero-order valence-electron chi connectivity index (χ0n) is 8.20. The van der Waals surface area contributed by atoms with Crippen LogP contribution in [0.5, 0.6) is 0 Å². The summed E-state index contributed by atoms with van der Waals surface area (Å²) in [5, 5.41) is 10.5. The highest BCUT2D eigenvalue weighted by Crippen LogP contribution is 2.23. The van der Waals surface area contributed by atoms with Crippen LogP contribution < -0.4 is 0 Å². The number of hydrogen-bond acceptors (Lipinski definition) is 3. The molecular formula is C9H10ClF2NO2S. The molecule has 3 nitrogen and oxygen atoms in total. The van der Waals surface area contributed by atoms with Crippen LogP contribution in [0, 0.1) is 0 Å². The smallest absolute Gasteiger partial charge is 0.265 e. The van der Waals surface area contributed by atoms with Gasteiger partial charge in [-0.3, -0.25) is 4.79 Å². The van der Waals surface area contributed by atoms with Crippen molar-refractivity contribution >= 4 is 28.8 Å². The number of rotatable bonds is 5. The van der Waals surface area contributed by atoms with Crippen LogP contribution in [-0.2, 0) is 0 Å². The van der Waals surface area contributed by atoms with Gasteiger partial charge in [-0.25, -0.2) is 8.78 Å². The molecule has 0 aliphatic heterocycles. The number of alkyl halides is 2. The molecule has 1 rings (SSSR count). The average Bonchev–Trinajstić information content (AvgIpc) is 2.62. The van der Waals surface area contributed by atoms with Crippen LogP contribution in [0.2, 0.25) is 5.02 Å². The van der Waals surface area contributed by atoms with Crippen molar-refractivity contribution in [3.63, 3.8) is 0 Å². The number of carbonyl (C=O) groups is 1. The standard InChI is InChI=1S/C9H10ClF2NO2S/c10-6-1-4-16-8(6)9(15)13(2-3-14)5-7(11)12/h1,4,7,14H,2-3,5H2. The topological polar surface area (TPSA) is 40.5 Å². The van der Waals surface area contributed by atoms with E-state index in [1.54, 1.807) is 5.38 Å². The Morgan fingerprint density at radius 2 is 2.31 bits per heavy atom. The number of aliphatic hydroxyl groups excluding tert-OH is 1. The van der Waals surface area contributed by atoms with Gasteiger partial charge in [0, 0.05) is 6.54 Å². The summed E-state index contributed by atoms with van der Waals surface area (Å²) in [6.07, 6.45) is -2.63. The molecule has 1 N–H and O–H groups in total. The van der Waals surface area contributed by atoms with E-state index >= 15 is 0 Å². The molecule has 0 fully saturated rings. The number of carbonyl (C=O) groups excluding carboxylic acids is 1. The summed E-state index contributed by atoms with van der Waals surface area (Å²) >= 11 is 6.82. The molecule has 7 heteroatoms. The monoisotopic (exact) mass is 269 g/mol. The predicted molar refractivity (Wildman–Crippen MR) is 58.3 cm³/mol. The fraction of sp³-hybridized carbons (Fsp3) is 0.444. The van der Waals surface area contributed by atoms with Crippen LogP contribution in [0.1, 0.15) is 9.67 Å². The van der Waals surface area contributed by atoms with Gasteiger partial charge in [0.25, 0.3) is 12.3 Å². The van der Waals surface area contributed by atoms with E-state index in [1.165, 1.54) is 6.07 Å². The van der Waals surface area contributed by atoms with Crippen LogP contribution >= 0.6 is 22.9 Å². The van der Waals surface area contributed by atoms with Gasteiger partial charge in [0.05, 0.1) is 18.2 Å². The molecule has 0 aliphatic rings. The summed E-state index contributed by atoms with van der Waals surface area (Å²) in [7, 11) is 0. The highest BCUT2D eigenvalue weighted by atomic mass is 35.5. The Morgan fingerprint density at radius 1 is 1.62 bits per heavy atom. The molecule has 0 unspecified atom stereocenters. The third-order valence-corrected chi connectivity index (χ3v) is 3.16. The van der Waals surface area contributed by atoms with Crippen molar-refractivity contribution in [1.29, 1.82) is 0 Å². The largest absolute Gasteiger partial charge is 0.395 e. The zero-order chi connectivity index (χ0) is 12.1. The first kappa shape index (κ1) is 13.3. The number of hydrogen-bond donors (Lipinski definition) is 1. The maximum atomic E-state index is 12.2. The van der Waals surface area contributed by atoms with E-state index in [2.05, 4.69) is 0 Å². The van der Waals surface area contributed by atoms with E-state index in [0.717, 1.165) is 16.2 Å². The van der Waals surface area contributed by atoms with Gasteiger partial charge in [-0.05, 0) is 11.4 Å². The van der Waals surface area contributed by atoms with Crippen molar-refractivity contribution in [3.05, 3.63) is 21.3 Å². The second kappa shape index (κ2) is 6.12. The van der Waals surface area contributed by atoms with Gasteiger partial charge < -0.3 is 10.0 Å². The third-order valence-electron chi connectivity index (χ3n) is 1.83. The fourth-order valence-electron chi connectivity index (χ4n) is 1.15. The summed E-state index contributed by atoms with van der Waals surface area (Å²) in [5.41, 5.74) is 0. The first-order valence-electron chi connectivity index (χ1n) is 4.47. The summed E-state index contributed by atoms with van der Waals surface area (Å²) in [6, 6.07) is 1.53. The summed E-state index contributed by atoms with van der Waals surface area (Å²) < 4.78 is 24.4. The van der Waals surface area contributed by atoms with Crippen molar-refractivity contribution in [3.8, 4) is 0 Å². The highest BCUT2D eigenvalue weighted by molar-refractivity contribution is 7.12. The van der Waals surface area contributed by atoms with Gasteiger partial charge in [0.2, 0.25) is 0 Å². The minimum absolute atomic E-state index is 0.128. The van der Waals surface area contributed by atoms with Crippen LogP contribution in [-0.4, -0.2) is 42.0 Å². The van der Waals surface area contributed by atoms with Gasteiger partial charge >= 0.3 is 0 Å². The Hall–Kier alpha value is -0.720. The molecule has 1 amide bonds. The van der Waals surface area contributed by atoms with E-state index in [9.17, 15) is 13.6 Å². The van der Waals surface area contributed by atoms with Crippen molar-refractivity contribution in [1.82, 2.24) is 4.90 Å². The first-order valence-corrected chi connectivity index (χ1v) is 5.73. The molecule has 0 spiro atoms. The Bertz CT molecular complexity index is 359. The molecule has 0 saturated carbocycles. The van der Waals surface area contributed by atoms with Crippen LogP contribution in [0.4, 0.5) is 8.78 Å². The summed E-state index contributed by atoms with van der Waals surface area (Å²) in [5.74, 6) is -0.575. The molecule has 1 aromatic heterocycles. The Balaban J connectivity index is 2.78. The number of halogens is 3. The lowest BCUT2D eigenvalue weighted by Gasteiger charge is -2.20. The highest BCUT2D eigenvalue weighted by Gasteiger charge is 2.22. The van der Waals surface area contributed by atoms with E-state index in [1.807, 2.05) is 0 Å². The minimum Gasteiger partial charge on any atom is -0.395 e.